The van der Waals surface area contributed by atoms with Crippen molar-refractivity contribution < 1.29 is 27.9 Å². The summed E-state index contributed by atoms with van der Waals surface area (Å²) in [5.74, 6) is -2.83. The van der Waals surface area contributed by atoms with Crippen molar-refractivity contribution >= 4 is 23.8 Å². The molecule has 0 spiro atoms. The largest absolute Gasteiger partial charge is 0.484 e. The first-order valence-corrected chi connectivity index (χ1v) is 10.5. The van der Waals surface area contributed by atoms with E-state index in [4.69, 9.17) is 4.74 Å². The molecule has 0 radical (unpaired) electrons. The van der Waals surface area contributed by atoms with Gasteiger partial charge in [0.25, 0.3) is 11.8 Å². The van der Waals surface area contributed by atoms with Gasteiger partial charge in [0, 0.05) is 12.5 Å². The van der Waals surface area contributed by atoms with E-state index in [1.54, 1.807) is 0 Å². The maximum absolute atomic E-state index is 13.6. The molecule has 0 bridgehead atoms. The highest BCUT2D eigenvalue weighted by atomic mass is 19.1. The third-order valence-corrected chi connectivity index (χ3v) is 5.01. The average molecular weight is 468 g/mol. The summed E-state index contributed by atoms with van der Waals surface area (Å²) < 4.78 is 31.9. The van der Waals surface area contributed by atoms with Crippen molar-refractivity contribution in [3.8, 4) is 11.8 Å². The van der Waals surface area contributed by atoms with E-state index >= 15 is 0 Å². The monoisotopic (exact) mass is 468 g/mol. The fraction of sp³-hybridized carbons (Fsp3) is 0.250. The number of halogens is 2. The Balaban J connectivity index is 1.71. The number of carbonyl (C=O) groups excluding carboxylic acids is 3. The standard InChI is InChI=1S/C24H22F2N4O4/c25-17-4-6-20(7-5-17)34-14-22(31)30-21(11-15-2-1-3-18(26)10-15)24(33)29-19(13-27)12-16-8-9-28-23(16)32/h1-7,10-11,16,19H,8-9,12,14H2,(H,28,32)(H,29,33)(H,30,31)/b21-11-/t16-,19-/m0/s1. The van der Waals surface area contributed by atoms with Crippen molar-refractivity contribution in [2.24, 2.45) is 5.92 Å². The Morgan fingerprint density at radius 2 is 1.97 bits per heavy atom. The van der Waals surface area contributed by atoms with Crippen molar-refractivity contribution in [3.63, 3.8) is 0 Å². The van der Waals surface area contributed by atoms with Gasteiger partial charge in [0.15, 0.2) is 6.61 Å². The lowest BCUT2D eigenvalue weighted by atomic mass is 9.99. The number of hydrogen-bond donors (Lipinski definition) is 3. The zero-order valence-corrected chi connectivity index (χ0v) is 18.0. The molecule has 1 heterocycles. The molecule has 176 valence electrons. The molecule has 3 N–H and O–H groups in total. The summed E-state index contributed by atoms with van der Waals surface area (Å²) in [5.41, 5.74) is 0.0583. The Hall–Kier alpha value is -4.26. The molecule has 1 aliphatic heterocycles. The van der Waals surface area contributed by atoms with Gasteiger partial charge in [-0.25, -0.2) is 8.78 Å². The zero-order chi connectivity index (χ0) is 24.5. The quantitative estimate of drug-likeness (QED) is 0.487. The van der Waals surface area contributed by atoms with Gasteiger partial charge in [0.05, 0.1) is 6.07 Å². The molecule has 34 heavy (non-hydrogen) atoms. The SMILES string of the molecule is N#C[C@H](C[C@@H]1CCNC1=O)NC(=O)/C(=C/c1cccc(F)c1)NC(=O)COc1ccc(F)cc1. The molecule has 0 aliphatic carbocycles. The molecule has 2 aromatic rings. The molecular formula is C24H22F2N4O4. The molecular weight excluding hydrogens is 446 g/mol. The van der Waals surface area contributed by atoms with Gasteiger partial charge >= 0.3 is 0 Å². The van der Waals surface area contributed by atoms with Gasteiger partial charge in [-0.1, -0.05) is 12.1 Å². The van der Waals surface area contributed by atoms with Crippen LogP contribution in [-0.2, 0) is 14.4 Å². The van der Waals surface area contributed by atoms with Crippen molar-refractivity contribution in [3.05, 3.63) is 71.4 Å². The van der Waals surface area contributed by atoms with Crippen LogP contribution in [0.3, 0.4) is 0 Å². The summed E-state index contributed by atoms with van der Waals surface area (Å²) in [7, 11) is 0. The summed E-state index contributed by atoms with van der Waals surface area (Å²) >= 11 is 0. The van der Waals surface area contributed by atoms with Crippen LogP contribution in [-0.4, -0.2) is 36.9 Å². The van der Waals surface area contributed by atoms with Crippen LogP contribution in [0.1, 0.15) is 18.4 Å². The van der Waals surface area contributed by atoms with Gasteiger partial charge in [-0.2, -0.15) is 5.26 Å². The molecule has 1 aliphatic rings. The van der Waals surface area contributed by atoms with E-state index in [9.17, 15) is 28.4 Å². The smallest absolute Gasteiger partial charge is 0.268 e. The molecule has 1 fully saturated rings. The van der Waals surface area contributed by atoms with Crippen LogP contribution < -0.4 is 20.7 Å². The lowest BCUT2D eigenvalue weighted by Gasteiger charge is -2.16. The molecule has 3 rings (SSSR count). The second kappa shape index (κ2) is 11.6. The number of ether oxygens (including phenoxy) is 1. The Morgan fingerprint density at radius 1 is 1.21 bits per heavy atom. The number of carbonyl (C=O) groups is 3. The fourth-order valence-electron chi connectivity index (χ4n) is 3.32. The minimum atomic E-state index is -0.982. The van der Waals surface area contributed by atoms with Gasteiger partial charge in [0.1, 0.15) is 29.1 Å². The van der Waals surface area contributed by atoms with E-state index in [0.717, 1.165) is 0 Å². The molecule has 1 saturated heterocycles. The van der Waals surface area contributed by atoms with E-state index in [1.165, 1.54) is 54.6 Å². The molecule has 3 amide bonds. The van der Waals surface area contributed by atoms with Gasteiger partial charge in [0.2, 0.25) is 5.91 Å². The van der Waals surface area contributed by atoms with Crippen molar-refractivity contribution in [1.82, 2.24) is 16.0 Å². The second-order valence-corrected chi connectivity index (χ2v) is 7.57. The van der Waals surface area contributed by atoms with Gasteiger partial charge in [-0.05, 0) is 60.9 Å². The molecule has 0 unspecified atom stereocenters. The third-order valence-electron chi connectivity index (χ3n) is 5.01. The molecule has 2 aromatic carbocycles. The zero-order valence-electron chi connectivity index (χ0n) is 18.0. The third kappa shape index (κ3) is 7.13. The molecule has 2 atom stereocenters. The predicted molar refractivity (Wildman–Crippen MR) is 118 cm³/mol. The van der Waals surface area contributed by atoms with E-state index in [-0.39, 0.29) is 23.8 Å². The number of hydrogen-bond acceptors (Lipinski definition) is 5. The first kappa shape index (κ1) is 24.4. The van der Waals surface area contributed by atoms with Gasteiger partial charge in [-0.15, -0.1) is 0 Å². The highest BCUT2D eigenvalue weighted by Gasteiger charge is 2.28. The normalized spacial score (nSPS) is 16.2. The number of nitriles is 1. The fourth-order valence-corrected chi connectivity index (χ4v) is 3.32. The number of amides is 3. The van der Waals surface area contributed by atoms with Crippen molar-refractivity contribution in [2.75, 3.05) is 13.2 Å². The Bertz CT molecular complexity index is 1130. The number of nitrogens with one attached hydrogen (secondary N) is 3. The lowest BCUT2D eigenvalue weighted by Crippen LogP contribution is -2.42. The summed E-state index contributed by atoms with van der Waals surface area (Å²) in [4.78, 5) is 37.1. The first-order valence-electron chi connectivity index (χ1n) is 10.5. The minimum absolute atomic E-state index is 0.114. The topological polar surface area (TPSA) is 120 Å². The average Bonchev–Trinajstić information content (AvgIpc) is 3.22. The van der Waals surface area contributed by atoms with Crippen LogP contribution in [0.2, 0.25) is 0 Å². The number of benzene rings is 2. The molecule has 0 aromatic heterocycles. The van der Waals surface area contributed by atoms with Crippen LogP contribution in [0.15, 0.2) is 54.2 Å². The summed E-state index contributed by atoms with van der Waals surface area (Å²) in [6.45, 7) is 0.0216. The highest BCUT2D eigenvalue weighted by molar-refractivity contribution is 6.01. The maximum Gasteiger partial charge on any atom is 0.268 e. The van der Waals surface area contributed by atoms with E-state index in [0.29, 0.717) is 18.5 Å². The maximum atomic E-state index is 13.6. The van der Waals surface area contributed by atoms with Crippen molar-refractivity contribution in [1.29, 1.82) is 5.26 Å². The van der Waals surface area contributed by atoms with Gasteiger partial charge < -0.3 is 20.7 Å². The van der Waals surface area contributed by atoms with E-state index in [1.807, 2.05) is 6.07 Å². The Kier molecular flexibility index (Phi) is 8.29. The minimum Gasteiger partial charge on any atom is -0.484 e. The molecule has 10 heteroatoms. The van der Waals surface area contributed by atoms with Crippen LogP contribution in [0.25, 0.3) is 6.08 Å². The van der Waals surface area contributed by atoms with Crippen molar-refractivity contribution in [2.45, 2.75) is 18.9 Å². The van der Waals surface area contributed by atoms with Crippen LogP contribution in [0, 0.1) is 28.9 Å². The van der Waals surface area contributed by atoms with E-state index < -0.39 is 42.0 Å². The van der Waals surface area contributed by atoms with E-state index in [2.05, 4.69) is 16.0 Å². The summed E-state index contributed by atoms with van der Waals surface area (Å²) in [6, 6.07) is 11.3. The summed E-state index contributed by atoms with van der Waals surface area (Å²) in [6.07, 6.45) is 1.92. The van der Waals surface area contributed by atoms with Crippen LogP contribution in [0.5, 0.6) is 5.75 Å². The predicted octanol–water partition coefficient (Wildman–Crippen LogP) is 2.04. The summed E-state index contributed by atoms with van der Waals surface area (Å²) in [5, 5.41) is 17.0. The Labute approximate surface area is 194 Å². The number of nitrogens with zero attached hydrogens (tertiary/aromatic N) is 1. The van der Waals surface area contributed by atoms with Gasteiger partial charge in [-0.3, -0.25) is 14.4 Å². The lowest BCUT2D eigenvalue weighted by molar-refractivity contribution is -0.125. The van der Waals surface area contributed by atoms with Crippen LogP contribution >= 0.6 is 0 Å². The van der Waals surface area contributed by atoms with Crippen LogP contribution in [0.4, 0.5) is 8.78 Å². The first-order chi connectivity index (χ1) is 16.3. The second-order valence-electron chi connectivity index (χ2n) is 7.57. The highest BCUT2D eigenvalue weighted by Crippen LogP contribution is 2.16. The number of rotatable bonds is 9. The molecule has 0 saturated carbocycles. The molecule has 8 nitrogen and oxygen atoms in total. The Morgan fingerprint density at radius 3 is 2.62 bits per heavy atom.